The van der Waals surface area contributed by atoms with Crippen molar-refractivity contribution in [2.24, 2.45) is 5.92 Å². The molecule has 5 nitrogen and oxygen atoms in total. The van der Waals surface area contributed by atoms with E-state index in [9.17, 15) is 9.59 Å². The van der Waals surface area contributed by atoms with Gasteiger partial charge >= 0.3 is 0 Å². The Bertz CT molecular complexity index is 969. The average molecular weight is 488 g/mol. The second-order valence-corrected chi connectivity index (χ2v) is 9.83. The quantitative estimate of drug-likeness (QED) is 0.574. The van der Waals surface area contributed by atoms with Crippen molar-refractivity contribution in [3.05, 3.63) is 63.6 Å². The molecule has 0 aromatic heterocycles. The molecule has 1 N–H and O–H groups in total. The summed E-state index contributed by atoms with van der Waals surface area (Å²) in [4.78, 5) is 30.5. The molecule has 0 bridgehead atoms. The van der Waals surface area contributed by atoms with E-state index >= 15 is 0 Å². The number of amides is 2. The first-order valence-corrected chi connectivity index (χ1v) is 12.6. The van der Waals surface area contributed by atoms with Crippen LogP contribution >= 0.6 is 23.2 Å². The molecule has 7 heteroatoms. The number of hydrogen-bond donors (Lipinski definition) is 1. The van der Waals surface area contributed by atoms with Crippen LogP contribution < -0.4 is 5.32 Å². The largest absolute Gasteiger partial charge is 0.339 e. The number of hydrogen-bond acceptors (Lipinski definition) is 3. The van der Waals surface area contributed by atoms with E-state index in [1.165, 1.54) is 12.8 Å². The minimum absolute atomic E-state index is 0.00596. The third kappa shape index (κ3) is 6.08. The van der Waals surface area contributed by atoms with Gasteiger partial charge < -0.3 is 10.2 Å². The number of nitrogens with one attached hydrogen (secondary N) is 1. The highest BCUT2D eigenvalue weighted by Gasteiger charge is 2.28. The van der Waals surface area contributed by atoms with Gasteiger partial charge in [-0.05, 0) is 56.5 Å². The summed E-state index contributed by atoms with van der Waals surface area (Å²) < 4.78 is 0. The number of para-hydroxylation sites is 1. The number of carbonyl (C=O) groups excluding carboxylic acids is 2. The lowest BCUT2D eigenvalue weighted by Gasteiger charge is -2.32. The lowest BCUT2D eigenvalue weighted by Crippen LogP contribution is -2.40. The fraction of sp³-hybridized carbons (Fsp3) is 0.462. The van der Waals surface area contributed by atoms with Gasteiger partial charge in [-0.2, -0.15) is 0 Å². The van der Waals surface area contributed by atoms with E-state index in [2.05, 4.69) is 10.2 Å². The number of piperidine rings is 1. The summed E-state index contributed by atoms with van der Waals surface area (Å²) >= 11 is 12.7. The molecule has 2 aromatic rings. The highest BCUT2D eigenvalue weighted by atomic mass is 35.5. The first kappa shape index (κ1) is 24.1. The van der Waals surface area contributed by atoms with Crippen molar-refractivity contribution in [3.63, 3.8) is 0 Å². The predicted octanol–water partition coefficient (Wildman–Crippen LogP) is 5.86. The van der Waals surface area contributed by atoms with Gasteiger partial charge in [-0.25, -0.2) is 0 Å². The van der Waals surface area contributed by atoms with Crippen LogP contribution in [-0.4, -0.2) is 47.8 Å². The minimum Gasteiger partial charge on any atom is -0.339 e. The molecular weight excluding hydrogens is 457 g/mol. The standard InChI is InChI=1S/C26H31Cl2N3O2/c27-22-11-7-12-23(28)21(22)18-30-14-8-9-19(17-30)25(32)29-24-13-4-3-10-20(24)26(33)31-15-5-1-2-6-16-31/h3-4,7,10-13,19H,1-2,5-6,8-9,14-18H2,(H,29,32). The summed E-state index contributed by atoms with van der Waals surface area (Å²) in [5.41, 5.74) is 2.07. The molecule has 1 atom stereocenters. The topological polar surface area (TPSA) is 52.7 Å². The Morgan fingerprint density at radius 2 is 1.58 bits per heavy atom. The van der Waals surface area contributed by atoms with E-state index in [1.54, 1.807) is 0 Å². The van der Waals surface area contributed by atoms with Gasteiger partial charge in [0, 0.05) is 41.8 Å². The Morgan fingerprint density at radius 3 is 2.30 bits per heavy atom. The molecule has 2 amide bonds. The zero-order valence-corrected chi connectivity index (χ0v) is 20.4. The summed E-state index contributed by atoms with van der Waals surface area (Å²) in [6.07, 6.45) is 6.15. The molecule has 33 heavy (non-hydrogen) atoms. The highest BCUT2D eigenvalue weighted by molar-refractivity contribution is 6.35. The van der Waals surface area contributed by atoms with Gasteiger partial charge in [0.1, 0.15) is 0 Å². The molecule has 2 fully saturated rings. The van der Waals surface area contributed by atoms with Crippen LogP contribution in [-0.2, 0) is 11.3 Å². The Labute approximate surface area is 206 Å². The third-order valence-electron chi connectivity index (χ3n) is 6.63. The van der Waals surface area contributed by atoms with E-state index < -0.39 is 0 Å². The first-order chi connectivity index (χ1) is 16.0. The van der Waals surface area contributed by atoms with Gasteiger partial charge in [0.15, 0.2) is 0 Å². The predicted molar refractivity (Wildman–Crippen MR) is 134 cm³/mol. The highest BCUT2D eigenvalue weighted by Crippen LogP contribution is 2.28. The number of benzene rings is 2. The Kier molecular flexibility index (Phi) is 8.29. The average Bonchev–Trinajstić information content (AvgIpc) is 3.11. The van der Waals surface area contributed by atoms with Crippen LogP contribution in [0.1, 0.15) is 54.4 Å². The molecule has 2 saturated heterocycles. The molecule has 2 aliphatic rings. The maximum absolute atomic E-state index is 13.2. The van der Waals surface area contributed by atoms with Crippen LogP contribution in [0.3, 0.4) is 0 Å². The number of likely N-dealkylation sites (tertiary alicyclic amines) is 2. The van der Waals surface area contributed by atoms with Crippen molar-refractivity contribution in [1.82, 2.24) is 9.80 Å². The molecule has 2 aromatic carbocycles. The van der Waals surface area contributed by atoms with Crippen molar-refractivity contribution in [3.8, 4) is 0 Å². The van der Waals surface area contributed by atoms with Gasteiger partial charge in [0.05, 0.1) is 17.2 Å². The minimum atomic E-state index is -0.152. The second kappa shape index (κ2) is 11.4. The molecular formula is C26H31Cl2N3O2. The number of rotatable bonds is 5. The number of carbonyl (C=O) groups is 2. The summed E-state index contributed by atoms with van der Waals surface area (Å²) in [5, 5.41) is 4.35. The van der Waals surface area contributed by atoms with Gasteiger partial charge in [0.2, 0.25) is 5.91 Å². The Morgan fingerprint density at radius 1 is 0.879 bits per heavy atom. The van der Waals surface area contributed by atoms with Crippen LogP contribution in [0, 0.1) is 5.92 Å². The van der Waals surface area contributed by atoms with Gasteiger partial charge in [-0.3, -0.25) is 14.5 Å². The van der Waals surface area contributed by atoms with E-state index in [1.807, 2.05) is 47.4 Å². The van der Waals surface area contributed by atoms with Crippen molar-refractivity contribution < 1.29 is 9.59 Å². The molecule has 1 unspecified atom stereocenters. The smallest absolute Gasteiger partial charge is 0.255 e. The monoisotopic (exact) mass is 487 g/mol. The van der Waals surface area contributed by atoms with E-state index in [0.717, 1.165) is 50.9 Å². The fourth-order valence-electron chi connectivity index (χ4n) is 4.78. The maximum Gasteiger partial charge on any atom is 0.255 e. The van der Waals surface area contributed by atoms with Crippen molar-refractivity contribution >= 4 is 40.7 Å². The molecule has 0 saturated carbocycles. The summed E-state index contributed by atoms with van der Waals surface area (Å²) in [7, 11) is 0. The number of halogens is 2. The fourth-order valence-corrected chi connectivity index (χ4v) is 5.29. The number of nitrogens with zero attached hydrogens (tertiary/aromatic N) is 2. The van der Waals surface area contributed by atoms with Gasteiger partial charge in [-0.15, -0.1) is 0 Å². The summed E-state index contributed by atoms with van der Waals surface area (Å²) in [6.45, 7) is 3.71. The van der Waals surface area contributed by atoms with Crippen molar-refractivity contribution in [2.45, 2.75) is 45.1 Å². The van der Waals surface area contributed by atoms with E-state index in [0.29, 0.717) is 34.4 Å². The van der Waals surface area contributed by atoms with Crippen LogP contribution in [0.15, 0.2) is 42.5 Å². The van der Waals surface area contributed by atoms with Crippen LogP contribution in [0.4, 0.5) is 5.69 Å². The summed E-state index contributed by atoms with van der Waals surface area (Å²) in [6, 6.07) is 12.9. The first-order valence-electron chi connectivity index (χ1n) is 11.9. The zero-order chi connectivity index (χ0) is 23.2. The normalized spacial score (nSPS) is 19.7. The van der Waals surface area contributed by atoms with E-state index in [4.69, 9.17) is 23.2 Å². The Hall–Kier alpha value is -2.08. The molecule has 4 rings (SSSR count). The Balaban J connectivity index is 1.42. The zero-order valence-electron chi connectivity index (χ0n) is 18.9. The lowest BCUT2D eigenvalue weighted by molar-refractivity contribution is -0.121. The molecule has 2 aliphatic heterocycles. The van der Waals surface area contributed by atoms with Crippen molar-refractivity contribution in [1.29, 1.82) is 0 Å². The second-order valence-electron chi connectivity index (χ2n) is 9.02. The van der Waals surface area contributed by atoms with E-state index in [-0.39, 0.29) is 17.7 Å². The molecule has 2 heterocycles. The van der Waals surface area contributed by atoms with Crippen LogP contribution in [0.2, 0.25) is 10.0 Å². The molecule has 0 spiro atoms. The number of anilines is 1. The van der Waals surface area contributed by atoms with Crippen LogP contribution in [0.25, 0.3) is 0 Å². The molecule has 176 valence electrons. The maximum atomic E-state index is 13.2. The SMILES string of the molecule is O=C(Nc1ccccc1C(=O)N1CCCCCC1)C1CCCN(Cc2c(Cl)cccc2Cl)C1. The summed E-state index contributed by atoms with van der Waals surface area (Å²) in [5.74, 6) is -0.186. The lowest BCUT2D eigenvalue weighted by atomic mass is 9.96. The third-order valence-corrected chi connectivity index (χ3v) is 7.34. The molecule has 0 aliphatic carbocycles. The molecule has 0 radical (unpaired) electrons. The van der Waals surface area contributed by atoms with Crippen molar-refractivity contribution in [2.75, 3.05) is 31.5 Å². The van der Waals surface area contributed by atoms with Gasteiger partial charge in [-0.1, -0.05) is 54.2 Å². The van der Waals surface area contributed by atoms with Crippen LogP contribution in [0.5, 0.6) is 0 Å². The van der Waals surface area contributed by atoms with Gasteiger partial charge in [0.25, 0.3) is 5.91 Å².